The second-order valence-corrected chi connectivity index (χ2v) is 12.7. The van der Waals surface area contributed by atoms with Crippen LogP contribution in [0.1, 0.15) is 0 Å². The van der Waals surface area contributed by atoms with Crippen LogP contribution in [0.2, 0.25) is 0 Å². The number of imidazole rings is 1. The molecule has 10 rings (SSSR count). The van der Waals surface area contributed by atoms with E-state index in [1.807, 2.05) is 0 Å². The fraction of sp³-hybridized carbons (Fsp3) is 0. The Kier molecular flexibility index (Phi) is 6.22. The van der Waals surface area contributed by atoms with Gasteiger partial charge >= 0.3 is 0 Å². The Morgan fingerprint density at radius 1 is 0.347 bits per heavy atom. The predicted octanol–water partition coefficient (Wildman–Crippen LogP) is 12.6. The Balaban J connectivity index is 1.45. The van der Waals surface area contributed by atoms with Crippen molar-refractivity contribution in [3.63, 3.8) is 0 Å². The summed E-state index contributed by atoms with van der Waals surface area (Å²) in [6.07, 6.45) is 0. The van der Waals surface area contributed by atoms with Crippen molar-refractivity contribution in [3.05, 3.63) is 182 Å². The zero-order chi connectivity index (χ0) is 32.3. The van der Waals surface area contributed by atoms with Gasteiger partial charge in [0.25, 0.3) is 0 Å². The summed E-state index contributed by atoms with van der Waals surface area (Å²) < 4.78 is 2.32. The van der Waals surface area contributed by atoms with E-state index >= 15 is 0 Å². The maximum atomic E-state index is 5.40. The molecule has 0 spiro atoms. The topological polar surface area (TPSA) is 17.8 Å². The van der Waals surface area contributed by atoms with Gasteiger partial charge in [-0.1, -0.05) is 158 Å². The van der Waals surface area contributed by atoms with Crippen LogP contribution < -0.4 is 0 Å². The van der Waals surface area contributed by atoms with Gasteiger partial charge in [-0.2, -0.15) is 0 Å². The molecule has 49 heavy (non-hydrogen) atoms. The van der Waals surface area contributed by atoms with Crippen LogP contribution in [0.25, 0.3) is 93.5 Å². The van der Waals surface area contributed by atoms with Gasteiger partial charge in [-0.05, 0) is 84.2 Å². The van der Waals surface area contributed by atoms with Crippen molar-refractivity contribution in [3.8, 4) is 39.3 Å². The van der Waals surface area contributed by atoms with Crippen molar-refractivity contribution in [2.24, 2.45) is 0 Å². The van der Waals surface area contributed by atoms with Crippen molar-refractivity contribution in [2.75, 3.05) is 0 Å². The van der Waals surface area contributed by atoms with Gasteiger partial charge in [0, 0.05) is 16.6 Å². The van der Waals surface area contributed by atoms with Gasteiger partial charge in [0.15, 0.2) is 0 Å². The standard InChI is InChI=1S/C47H30N2/c1-2-19-33(20-3-1)49-43-30-11-10-29-42(43)48-47(49)41-28-14-27-40-44(36-25-12-17-31-15-4-6-21-34(31)36)38-23-8-9-24-39(38)45(46(40)41)37-26-13-18-32-16-5-7-22-35(32)37/h1-30H. The summed E-state index contributed by atoms with van der Waals surface area (Å²) in [6, 6.07) is 65.7. The molecule has 0 aliphatic carbocycles. The summed E-state index contributed by atoms with van der Waals surface area (Å²) in [6.45, 7) is 0. The van der Waals surface area contributed by atoms with E-state index in [1.54, 1.807) is 0 Å². The Morgan fingerprint density at radius 2 is 0.837 bits per heavy atom. The summed E-state index contributed by atoms with van der Waals surface area (Å²) in [5, 5.41) is 9.82. The van der Waals surface area contributed by atoms with E-state index in [1.165, 1.54) is 65.3 Å². The summed E-state index contributed by atoms with van der Waals surface area (Å²) in [5.41, 5.74) is 9.18. The highest BCUT2D eigenvalue weighted by Crippen LogP contribution is 2.49. The lowest BCUT2D eigenvalue weighted by Gasteiger charge is -2.22. The molecule has 0 N–H and O–H groups in total. The van der Waals surface area contributed by atoms with Crippen LogP contribution in [0, 0.1) is 0 Å². The third-order valence-corrected chi connectivity index (χ3v) is 9.98. The summed E-state index contributed by atoms with van der Waals surface area (Å²) in [7, 11) is 0. The monoisotopic (exact) mass is 622 g/mol. The largest absolute Gasteiger partial charge is 0.292 e. The molecule has 0 bridgehead atoms. The fourth-order valence-corrected chi connectivity index (χ4v) is 7.92. The van der Waals surface area contributed by atoms with Gasteiger partial charge in [-0.15, -0.1) is 0 Å². The van der Waals surface area contributed by atoms with Crippen LogP contribution in [-0.4, -0.2) is 9.55 Å². The highest BCUT2D eigenvalue weighted by molar-refractivity contribution is 6.27. The lowest BCUT2D eigenvalue weighted by atomic mass is 9.82. The molecule has 0 aliphatic rings. The summed E-state index contributed by atoms with van der Waals surface area (Å²) >= 11 is 0. The molecule has 9 aromatic carbocycles. The van der Waals surface area contributed by atoms with E-state index in [2.05, 4.69) is 187 Å². The Bertz CT molecular complexity index is 2870. The third kappa shape index (κ3) is 4.24. The number of para-hydroxylation sites is 3. The minimum Gasteiger partial charge on any atom is -0.292 e. The molecule has 0 saturated heterocycles. The first-order valence-corrected chi connectivity index (χ1v) is 16.8. The smallest absolute Gasteiger partial charge is 0.146 e. The maximum Gasteiger partial charge on any atom is 0.146 e. The molecule has 228 valence electrons. The first-order valence-electron chi connectivity index (χ1n) is 16.8. The van der Waals surface area contributed by atoms with Gasteiger partial charge in [0.1, 0.15) is 5.82 Å². The highest BCUT2D eigenvalue weighted by atomic mass is 15.1. The van der Waals surface area contributed by atoms with Crippen LogP contribution in [0.3, 0.4) is 0 Å². The minimum absolute atomic E-state index is 0.929. The predicted molar refractivity (Wildman–Crippen MR) is 207 cm³/mol. The van der Waals surface area contributed by atoms with E-state index in [0.717, 1.165) is 28.1 Å². The van der Waals surface area contributed by atoms with E-state index in [-0.39, 0.29) is 0 Å². The van der Waals surface area contributed by atoms with Gasteiger partial charge < -0.3 is 0 Å². The molecular weight excluding hydrogens is 593 g/mol. The molecule has 0 fully saturated rings. The molecule has 1 heterocycles. The molecule has 0 amide bonds. The van der Waals surface area contributed by atoms with E-state index < -0.39 is 0 Å². The first kappa shape index (κ1) is 27.6. The molecule has 0 atom stereocenters. The molecular formula is C47H30N2. The second kappa shape index (κ2) is 11.0. The van der Waals surface area contributed by atoms with Crippen LogP contribution in [0.4, 0.5) is 0 Å². The van der Waals surface area contributed by atoms with E-state index in [0.29, 0.717) is 0 Å². The Morgan fingerprint density at radius 3 is 1.55 bits per heavy atom. The fourth-order valence-electron chi connectivity index (χ4n) is 7.92. The van der Waals surface area contributed by atoms with Crippen molar-refractivity contribution >= 4 is 54.1 Å². The van der Waals surface area contributed by atoms with Crippen molar-refractivity contribution in [2.45, 2.75) is 0 Å². The van der Waals surface area contributed by atoms with Crippen LogP contribution in [0.15, 0.2) is 182 Å². The molecule has 0 unspecified atom stereocenters. The number of nitrogens with zero attached hydrogens (tertiary/aromatic N) is 2. The molecule has 0 aliphatic heterocycles. The molecule has 0 saturated carbocycles. The average Bonchev–Trinajstić information content (AvgIpc) is 3.56. The summed E-state index contributed by atoms with van der Waals surface area (Å²) in [4.78, 5) is 5.40. The van der Waals surface area contributed by atoms with Crippen LogP contribution >= 0.6 is 0 Å². The van der Waals surface area contributed by atoms with Gasteiger partial charge in [-0.3, -0.25) is 4.57 Å². The number of hydrogen-bond acceptors (Lipinski definition) is 1. The van der Waals surface area contributed by atoms with Crippen molar-refractivity contribution < 1.29 is 0 Å². The quantitative estimate of drug-likeness (QED) is 0.179. The van der Waals surface area contributed by atoms with Crippen LogP contribution in [-0.2, 0) is 0 Å². The molecule has 2 heteroatoms. The van der Waals surface area contributed by atoms with Gasteiger partial charge in [0.2, 0.25) is 0 Å². The van der Waals surface area contributed by atoms with E-state index in [4.69, 9.17) is 4.98 Å². The molecule has 10 aromatic rings. The Labute approximate surface area is 284 Å². The van der Waals surface area contributed by atoms with Gasteiger partial charge in [-0.25, -0.2) is 4.98 Å². The lowest BCUT2D eigenvalue weighted by Crippen LogP contribution is -2.00. The summed E-state index contributed by atoms with van der Waals surface area (Å²) in [5.74, 6) is 0.929. The number of rotatable bonds is 4. The normalized spacial score (nSPS) is 11.7. The zero-order valence-corrected chi connectivity index (χ0v) is 26.7. The number of fused-ring (bicyclic) bond motifs is 5. The van der Waals surface area contributed by atoms with E-state index in [9.17, 15) is 0 Å². The number of hydrogen-bond donors (Lipinski definition) is 0. The maximum absolute atomic E-state index is 5.40. The first-order chi connectivity index (χ1) is 24.3. The molecule has 1 aromatic heterocycles. The number of benzene rings is 9. The second-order valence-electron chi connectivity index (χ2n) is 12.7. The highest BCUT2D eigenvalue weighted by Gasteiger charge is 2.24. The Hall–Kier alpha value is -6.51. The zero-order valence-electron chi connectivity index (χ0n) is 26.7. The lowest BCUT2D eigenvalue weighted by molar-refractivity contribution is 1.11. The minimum atomic E-state index is 0.929. The molecule has 2 nitrogen and oxygen atoms in total. The SMILES string of the molecule is c1ccc(-n2c(-c3cccc4c(-c5cccc6ccccc56)c5ccccc5c(-c5cccc6ccccc56)c34)nc3ccccc32)cc1. The van der Waals surface area contributed by atoms with Crippen molar-refractivity contribution in [1.82, 2.24) is 9.55 Å². The third-order valence-electron chi connectivity index (χ3n) is 9.98. The van der Waals surface area contributed by atoms with Crippen molar-refractivity contribution in [1.29, 1.82) is 0 Å². The average molecular weight is 623 g/mol. The molecule has 0 radical (unpaired) electrons. The van der Waals surface area contributed by atoms with Crippen LogP contribution in [0.5, 0.6) is 0 Å². The van der Waals surface area contributed by atoms with Gasteiger partial charge in [0.05, 0.1) is 11.0 Å². The number of aromatic nitrogens is 2.